The average Bonchev–Trinajstić information content (AvgIpc) is 3.72. The van der Waals surface area contributed by atoms with E-state index in [0.29, 0.717) is 0 Å². The van der Waals surface area contributed by atoms with E-state index in [1.165, 1.54) is 153 Å². The summed E-state index contributed by atoms with van der Waals surface area (Å²) in [4.78, 5) is 5.70. The Morgan fingerprint density at radius 2 is 0.679 bits per heavy atom. The van der Waals surface area contributed by atoms with Gasteiger partial charge in [-0.2, -0.15) is 0 Å². The maximum absolute atomic E-state index is 5.70. The Morgan fingerprint density at radius 1 is 0.256 bits per heavy atom. The molecule has 0 atom stereocenters. The van der Waals surface area contributed by atoms with Gasteiger partial charge in [-0.15, -0.1) is 0 Å². The van der Waals surface area contributed by atoms with E-state index >= 15 is 0 Å². The van der Waals surface area contributed by atoms with Crippen molar-refractivity contribution >= 4 is 141 Å². The number of hydrogen-bond acceptors (Lipinski definition) is 1. The van der Waals surface area contributed by atoms with Gasteiger partial charge in [0, 0.05) is 87.1 Å². The zero-order valence-electron chi connectivity index (χ0n) is 41.9. The van der Waals surface area contributed by atoms with Crippen LogP contribution in [-0.4, -0.2) is 22.9 Å². The first kappa shape index (κ1) is 40.8. The summed E-state index contributed by atoms with van der Waals surface area (Å²) in [5.41, 5.74) is 18.9. The molecule has 5 heteroatoms. The minimum atomic E-state index is 0.978. The lowest BCUT2D eigenvalue weighted by atomic mass is 9.93. The molecule has 0 aliphatic carbocycles. The fourth-order valence-electron chi connectivity index (χ4n) is 14.5. The van der Waals surface area contributed by atoms with Gasteiger partial charge >= 0.3 is 0 Å². The van der Waals surface area contributed by atoms with Crippen molar-refractivity contribution in [3.05, 3.63) is 249 Å². The van der Waals surface area contributed by atoms with Gasteiger partial charge < -0.3 is 13.5 Å². The molecule has 5 nitrogen and oxygen atoms in total. The number of rotatable bonds is 4. The van der Waals surface area contributed by atoms with Crippen LogP contribution in [0, 0.1) is 0 Å². The molecule has 0 fully saturated rings. The van der Waals surface area contributed by atoms with Gasteiger partial charge in [-0.3, -0.25) is 4.40 Å². The minimum Gasteiger partial charge on any atom is -0.309 e. The van der Waals surface area contributed by atoms with Crippen LogP contribution in [0.4, 0.5) is 0 Å². The second-order valence-corrected chi connectivity index (χ2v) is 21.4. The van der Waals surface area contributed by atoms with Crippen molar-refractivity contribution in [3.63, 3.8) is 0 Å². The van der Waals surface area contributed by atoms with Crippen molar-refractivity contribution in [2.45, 2.75) is 0 Å². The molecule has 358 valence electrons. The summed E-state index contributed by atoms with van der Waals surface area (Å²) in [6.45, 7) is 0. The Labute approximate surface area is 444 Å². The lowest BCUT2D eigenvalue weighted by molar-refractivity contribution is 1.18. The van der Waals surface area contributed by atoms with Gasteiger partial charge in [0.15, 0.2) is 0 Å². The summed E-state index contributed by atoms with van der Waals surface area (Å²) in [7, 11) is 0. The van der Waals surface area contributed by atoms with Gasteiger partial charge in [0.1, 0.15) is 5.65 Å². The van der Waals surface area contributed by atoms with Crippen LogP contribution in [0.3, 0.4) is 0 Å². The van der Waals surface area contributed by atoms with Crippen LogP contribution in [0.1, 0.15) is 0 Å². The number of nitrogens with zero attached hydrogens (tertiary/aromatic N) is 5. The van der Waals surface area contributed by atoms with Crippen molar-refractivity contribution in [2.24, 2.45) is 0 Å². The molecular formula is C73H41N5. The molecule has 0 saturated carbocycles. The van der Waals surface area contributed by atoms with Crippen molar-refractivity contribution < 1.29 is 0 Å². The van der Waals surface area contributed by atoms with Crippen LogP contribution in [0.15, 0.2) is 249 Å². The highest BCUT2D eigenvalue weighted by atomic mass is 15.0. The van der Waals surface area contributed by atoms with E-state index in [4.69, 9.17) is 4.98 Å². The molecule has 0 aliphatic rings. The Morgan fingerprint density at radius 3 is 1.23 bits per heavy atom. The smallest absolute Gasteiger partial charge is 0.146 e. The summed E-state index contributed by atoms with van der Waals surface area (Å²) in [5, 5.41) is 19.7. The van der Waals surface area contributed by atoms with Gasteiger partial charge in [0.05, 0.1) is 55.8 Å². The minimum absolute atomic E-state index is 0.978. The summed E-state index contributed by atoms with van der Waals surface area (Å²) in [6, 6.07) is 90.0. The van der Waals surface area contributed by atoms with Crippen molar-refractivity contribution in [3.8, 4) is 33.6 Å². The van der Waals surface area contributed by atoms with Gasteiger partial charge in [0.2, 0.25) is 0 Å². The first-order valence-electron chi connectivity index (χ1n) is 27.0. The molecule has 19 aromatic rings. The van der Waals surface area contributed by atoms with Crippen molar-refractivity contribution in [2.75, 3.05) is 0 Å². The quantitative estimate of drug-likeness (QED) is 0.173. The molecular weight excluding hydrogens is 947 g/mol. The van der Waals surface area contributed by atoms with Gasteiger partial charge in [-0.05, 0) is 105 Å². The standard InChI is InChI=1S/C73H41N5/c1-3-19-46(20-4-1)75-60-31-13-11-25-50(60)56-39-44(33-35-62(56)75)65-48-23-9-7-17-42(48)37-58-52-27-15-29-54-67-64(77(69(52)54)71(58)65)41-74-73-68(67)55-30-16-28-53-59-38-43-18-8-10-24-49(43)66(72(59)78(73)70(53)55)45-34-36-63-57(40-45)51-26-12-14-32-61(51)76(63)47-21-5-2-6-22-47/h1-41H. The van der Waals surface area contributed by atoms with E-state index in [2.05, 4.69) is 267 Å². The van der Waals surface area contributed by atoms with Crippen LogP contribution in [0.25, 0.3) is 175 Å². The van der Waals surface area contributed by atoms with Crippen LogP contribution in [0.2, 0.25) is 0 Å². The number of fused-ring (bicyclic) bond motifs is 21. The van der Waals surface area contributed by atoms with Crippen molar-refractivity contribution in [1.82, 2.24) is 22.9 Å². The van der Waals surface area contributed by atoms with E-state index in [9.17, 15) is 0 Å². The fourth-order valence-corrected chi connectivity index (χ4v) is 14.5. The van der Waals surface area contributed by atoms with E-state index in [0.717, 1.165) is 22.5 Å². The average molecular weight is 988 g/mol. The van der Waals surface area contributed by atoms with E-state index in [1.54, 1.807) is 0 Å². The third kappa shape index (κ3) is 5.04. The fraction of sp³-hybridized carbons (Fsp3) is 0. The highest BCUT2D eigenvalue weighted by molar-refractivity contribution is 6.37. The lowest BCUT2D eigenvalue weighted by Crippen LogP contribution is -1.93. The van der Waals surface area contributed by atoms with Crippen LogP contribution in [-0.2, 0) is 0 Å². The SMILES string of the molecule is c1ccc(-n2c3ccccc3c3cc(-c4c5ccccc5cc5c6cccc7c8c9c%10cccc%11c%12cc%13ccccc%13c(-c%13ccc%14c(c%13)c%13ccccc%13n%14-c%13ccccc%13)c%12n(c9ncc8n(c45)c67)c%11%10)ccc32)cc1. The second kappa shape index (κ2) is 14.7. The first-order valence-corrected chi connectivity index (χ1v) is 27.0. The number of para-hydroxylation sites is 6. The predicted octanol–water partition coefficient (Wildman–Crippen LogP) is 19.2. The molecule has 19 rings (SSSR count). The summed E-state index contributed by atoms with van der Waals surface area (Å²) >= 11 is 0. The molecule has 0 saturated heterocycles. The highest BCUT2D eigenvalue weighted by Crippen LogP contribution is 2.51. The molecule has 0 aliphatic heterocycles. The largest absolute Gasteiger partial charge is 0.309 e. The van der Waals surface area contributed by atoms with E-state index in [-0.39, 0.29) is 0 Å². The third-order valence-corrected chi connectivity index (χ3v) is 17.6. The maximum Gasteiger partial charge on any atom is 0.146 e. The second-order valence-electron chi connectivity index (χ2n) is 21.4. The Bertz CT molecular complexity index is 5440. The summed E-state index contributed by atoms with van der Waals surface area (Å²) in [6.07, 6.45) is 2.18. The summed E-state index contributed by atoms with van der Waals surface area (Å²) < 4.78 is 9.89. The van der Waals surface area contributed by atoms with E-state index < -0.39 is 0 Å². The number of aromatic nitrogens is 5. The molecule has 7 aromatic heterocycles. The Hall–Kier alpha value is -10.5. The maximum atomic E-state index is 5.70. The molecule has 78 heavy (non-hydrogen) atoms. The summed E-state index contributed by atoms with van der Waals surface area (Å²) in [5.74, 6) is 0. The van der Waals surface area contributed by atoms with Crippen molar-refractivity contribution in [1.29, 1.82) is 0 Å². The molecule has 0 radical (unpaired) electrons. The molecule has 0 spiro atoms. The number of benzene rings is 12. The van der Waals surface area contributed by atoms with Crippen LogP contribution in [0.5, 0.6) is 0 Å². The lowest BCUT2D eigenvalue weighted by Gasteiger charge is -2.13. The number of pyridine rings is 1. The first-order chi connectivity index (χ1) is 38.7. The molecule has 0 unspecified atom stereocenters. The highest BCUT2D eigenvalue weighted by Gasteiger charge is 2.29. The molecule has 0 amide bonds. The van der Waals surface area contributed by atoms with Gasteiger partial charge in [-0.1, -0.05) is 170 Å². The van der Waals surface area contributed by atoms with E-state index in [1.807, 2.05) is 0 Å². The molecule has 0 N–H and O–H groups in total. The van der Waals surface area contributed by atoms with Crippen LogP contribution >= 0.6 is 0 Å². The molecule has 12 aromatic carbocycles. The van der Waals surface area contributed by atoms with Crippen LogP contribution < -0.4 is 0 Å². The monoisotopic (exact) mass is 987 g/mol. The number of hydrogen-bond donors (Lipinski definition) is 0. The Balaban J connectivity index is 0.925. The van der Waals surface area contributed by atoms with Gasteiger partial charge in [0.25, 0.3) is 0 Å². The zero-order chi connectivity index (χ0) is 50.5. The normalized spacial score (nSPS) is 12.6. The zero-order valence-corrected chi connectivity index (χ0v) is 41.9. The molecule has 0 bridgehead atoms. The molecule has 7 heterocycles. The van der Waals surface area contributed by atoms with Gasteiger partial charge in [-0.25, -0.2) is 4.98 Å². The topological polar surface area (TPSA) is 31.6 Å². The Kier molecular flexibility index (Phi) is 7.68. The predicted molar refractivity (Wildman–Crippen MR) is 328 cm³/mol. The third-order valence-electron chi connectivity index (χ3n) is 17.6.